The van der Waals surface area contributed by atoms with E-state index in [9.17, 15) is 18.0 Å². The number of carbonyl (C=O) groups is 1. The highest BCUT2D eigenvalue weighted by molar-refractivity contribution is 5.84. The van der Waals surface area contributed by atoms with Gasteiger partial charge in [0.05, 0.1) is 12.1 Å². The zero-order chi connectivity index (χ0) is 19.4. The third kappa shape index (κ3) is 5.13. The molecule has 1 aliphatic rings. The number of benzene rings is 1. The van der Waals surface area contributed by atoms with Gasteiger partial charge in [-0.25, -0.2) is 4.79 Å². The monoisotopic (exact) mass is 381 g/mol. The van der Waals surface area contributed by atoms with E-state index in [2.05, 4.69) is 4.90 Å². The van der Waals surface area contributed by atoms with Gasteiger partial charge in [-0.3, -0.25) is 4.90 Å². The molecule has 7 heteroatoms. The second-order valence-electron chi connectivity index (χ2n) is 6.96. The van der Waals surface area contributed by atoms with Crippen LogP contribution in [-0.4, -0.2) is 22.0 Å². The molecule has 0 atom stereocenters. The molecule has 4 nitrogen and oxygen atoms in total. The van der Waals surface area contributed by atoms with Crippen molar-refractivity contribution in [3.8, 4) is 0 Å². The van der Waals surface area contributed by atoms with E-state index in [0.29, 0.717) is 24.9 Å². The quantitative estimate of drug-likeness (QED) is 0.735. The molecule has 0 radical (unpaired) electrons. The molecule has 0 spiro atoms. The summed E-state index contributed by atoms with van der Waals surface area (Å²) in [5, 5.41) is 9.01. The molecule has 0 amide bonds. The number of rotatable bonds is 6. The number of alkyl halides is 3. The van der Waals surface area contributed by atoms with Crippen molar-refractivity contribution < 1.29 is 27.5 Å². The Kier molecular flexibility index (Phi) is 5.89. The fourth-order valence-corrected chi connectivity index (χ4v) is 3.57. The highest BCUT2D eigenvalue weighted by Crippen LogP contribution is 2.30. The van der Waals surface area contributed by atoms with Crippen molar-refractivity contribution in [1.82, 2.24) is 4.90 Å². The van der Waals surface area contributed by atoms with Crippen molar-refractivity contribution in [3.05, 3.63) is 59.0 Å². The van der Waals surface area contributed by atoms with Gasteiger partial charge in [-0.15, -0.1) is 0 Å². The molecule has 3 rings (SSSR count). The molecule has 1 saturated carbocycles. The Morgan fingerprint density at radius 1 is 1.04 bits per heavy atom. The average Bonchev–Trinajstić information content (AvgIpc) is 3.11. The van der Waals surface area contributed by atoms with Gasteiger partial charge in [0.2, 0.25) is 5.76 Å². The van der Waals surface area contributed by atoms with Gasteiger partial charge in [0, 0.05) is 12.6 Å². The average molecular weight is 381 g/mol. The van der Waals surface area contributed by atoms with E-state index >= 15 is 0 Å². The lowest BCUT2D eigenvalue weighted by Gasteiger charge is -2.34. The van der Waals surface area contributed by atoms with Crippen LogP contribution in [0.3, 0.4) is 0 Å². The Bertz CT molecular complexity index is 762. The lowest BCUT2D eigenvalue weighted by molar-refractivity contribution is -0.137. The molecule has 0 unspecified atom stereocenters. The van der Waals surface area contributed by atoms with Crippen molar-refractivity contribution >= 4 is 5.97 Å². The van der Waals surface area contributed by atoms with Crippen molar-refractivity contribution in [2.45, 2.75) is 57.4 Å². The first kappa shape index (κ1) is 19.5. The first-order chi connectivity index (χ1) is 12.8. The largest absolute Gasteiger partial charge is 0.475 e. The summed E-state index contributed by atoms with van der Waals surface area (Å²) in [5.41, 5.74) is 0.131. The maximum Gasteiger partial charge on any atom is 0.416 e. The molecule has 27 heavy (non-hydrogen) atoms. The summed E-state index contributed by atoms with van der Waals surface area (Å²) in [5.74, 6) is -0.679. The normalized spacial score (nSPS) is 16.0. The number of furan rings is 1. The van der Waals surface area contributed by atoms with Crippen LogP contribution >= 0.6 is 0 Å². The van der Waals surface area contributed by atoms with E-state index in [1.165, 1.54) is 24.6 Å². The lowest BCUT2D eigenvalue weighted by Crippen LogP contribution is -2.35. The highest BCUT2D eigenvalue weighted by atomic mass is 19.4. The number of carboxylic acids is 1. The van der Waals surface area contributed by atoms with Gasteiger partial charge in [-0.05, 0) is 42.7 Å². The molecular formula is C20H22F3NO3. The van der Waals surface area contributed by atoms with Crippen LogP contribution in [0.2, 0.25) is 0 Å². The van der Waals surface area contributed by atoms with E-state index in [4.69, 9.17) is 9.52 Å². The standard InChI is InChI=1S/C20H22F3NO3/c21-20(22,23)15-8-6-14(7-9-15)12-24(16-4-2-1-3-5-16)13-17-10-11-18(27-17)19(25)26/h6-11,16H,1-5,12-13H2,(H,25,26). The fraction of sp³-hybridized carbons (Fsp3) is 0.450. The molecule has 1 aliphatic carbocycles. The fourth-order valence-electron chi connectivity index (χ4n) is 3.57. The van der Waals surface area contributed by atoms with Gasteiger partial charge < -0.3 is 9.52 Å². The molecule has 0 aliphatic heterocycles. The van der Waals surface area contributed by atoms with Crippen LogP contribution in [0.1, 0.15) is 59.5 Å². The van der Waals surface area contributed by atoms with Crippen molar-refractivity contribution in [3.63, 3.8) is 0 Å². The van der Waals surface area contributed by atoms with Crippen molar-refractivity contribution in [2.75, 3.05) is 0 Å². The summed E-state index contributed by atoms with van der Waals surface area (Å²) in [4.78, 5) is 13.2. The Morgan fingerprint density at radius 2 is 1.70 bits per heavy atom. The number of nitrogens with zero attached hydrogens (tertiary/aromatic N) is 1. The first-order valence-corrected chi connectivity index (χ1v) is 9.05. The van der Waals surface area contributed by atoms with Crippen molar-refractivity contribution in [1.29, 1.82) is 0 Å². The van der Waals surface area contributed by atoms with Crippen LogP contribution in [0, 0.1) is 0 Å². The zero-order valence-electron chi connectivity index (χ0n) is 14.8. The van der Waals surface area contributed by atoms with Gasteiger partial charge in [0.25, 0.3) is 0 Å². The molecule has 2 aromatic rings. The third-order valence-corrected chi connectivity index (χ3v) is 4.99. The van der Waals surface area contributed by atoms with Crippen molar-refractivity contribution in [2.24, 2.45) is 0 Å². The lowest BCUT2D eigenvalue weighted by atomic mass is 9.93. The van der Waals surface area contributed by atoms with E-state index in [1.807, 2.05) is 0 Å². The topological polar surface area (TPSA) is 53.7 Å². The highest BCUT2D eigenvalue weighted by Gasteiger charge is 2.30. The predicted octanol–water partition coefficient (Wildman–Crippen LogP) is 5.33. The van der Waals surface area contributed by atoms with E-state index in [1.54, 1.807) is 6.07 Å². The van der Waals surface area contributed by atoms with Crippen LogP contribution in [0.5, 0.6) is 0 Å². The van der Waals surface area contributed by atoms with Gasteiger partial charge >= 0.3 is 12.1 Å². The maximum atomic E-state index is 12.8. The minimum Gasteiger partial charge on any atom is -0.475 e. The van der Waals surface area contributed by atoms with Gasteiger partial charge in [0.1, 0.15) is 5.76 Å². The van der Waals surface area contributed by atoms with Crippen LogP contribution in [0.4, 0.5) is 13.2 Å². The van der Waals surface area contributed by atoms with Crippen LogP contribution < -0.4 is 0 Å². The Morgan fingerprint density at radius 3 is 2.26 bits per heavy atom. The first-order valence-electron chi connectivity index (χ1n) is 9.05. The second kappa shape index (κ2) is 8.17. The van der Waals surface area contributed by atoms with Crippen LogP contribution in [0.25, 0.3) is 0 Å². The molecule has 1 fully saturated rings. The number of hydrogen-bond acceptors (Lipinski definition) is 3. The summed E-state index contributed by atoms with van der Waals surface area (Å²) in [7, 11) is 0. The molecule has 0 bridgehead atoms. The SMILES string of the molecule is O=C(O)c1ccc(CN(Cc2ccc(C(F)(F)F)cc2)C2CCCCC2)o1. The zero-order valence-corrected chi connectivity index (χ0v) is 14.8. The summed E-state index contributed by atoms with van der Waals surface area (Å²) >= 11 is 0. The molecule has 1 aromatic heterocycles. The summed E-state index contributed by atoms with van der Waals surface area (Å²) in [6.07, 6.45) is 1.12. The summed E-state index contributed by atoms with van der Waals surface area (Å²) in [6.45, 7) is 0.922. The molecule has 1 heterocycles. The number of carboxylic acid groups (broad SMARTS) is 1. The van der Waals surface area contributed by atoms with Gasteiger partial charge in [-0.1, -0.05) is 31.4 Å². The van der Waals surface area contributed by atoms with E-state index in [0.717, 1.165) is 43.4 Å². The van der Waals surface area contributed by atoms with Gasteiger partial charge in [-0.2, -0.15) is 13.2 Å². The predicted molar refractivity (Wildman–Crippen MR) is 93.2 cm³/mol. The van der Waals surface area contributed by atoms with Crippen LogP contribution in [-0.2, 0) is 19.3 Å². The number of halogens is 3. The molecule has 0 saturated heterocycles. The number of hydrogen-bond donors (Lipinski definition) is 1. The minimum absolute atomic E-state index is 0.108. The molecule has 146 valence electrons. The Balaban J connectivity index is 1.75. The maximum absolute atomic E-state index is 12.8. The second-order valence-corrected chi connectivity index (χ2v) is 6.96. The minimum atomic E-state index is -4.34. The smallest absolute Gasteiger partial charge is 0.416 e. The third-order valence-electron chi connectivity index (χ3n) is 4.99. The number of aromatic carboxylic acids is 1. The molecule has 1 N–H and O–H groups in total. The van der Waals surface area contributed by atoms with Gasteiger partial charge in [0.15, 0.2) is 0 Å². The molecular weight excluding hydrogens is 359 g/mol. The molecule has 1 aromatic carbocycles. The summed E-state index contributed by atoms with van der Waals surface area (Å²) < 4.78 is 43.6. The Hall–Kier alpha value is -2.28. The summed E-state index contributed by atoms with van der Waals surface area (Å²) in [6, 6.07) is 8.58. The van der Waals surface area contributed by atoms with E-state index < -0.39 is 17.7 Å². The van der Waals surface area contributed by atoms with E-state index in [-0.39, 0.29) is 5.76 Å². The Labute approximate surface area is 155 Å². The van der Waals surface area contributed by atoms with Crippen LogP contribution in [0.15, 0.2) is 40.8 Å².